The van der Waals surface area contributed by atoms with Crippen molar-refractivity contribution >= 4 is 28.6 Å². The van der Waals surface area contributed by atoms with Gasteiger partial charge in [0, 0.05) is 26.6 Å². The van der Waals surface area contributed by atoms with Crippen molar-refractivity contribution in [3.8, 4) is 5.75 Å². The van der Waals surface area contributed by atoms with Crippen molar-refractivity contribution in [3.63, 3.8) is 0 Å². The molecule has 0 bridgehead atoms. The molecule has 0 aliphatic carbocycles. The molecule has 2 N–H and O–H groups in total. The number of piperazine rings is 1. The number of nitrogens with one attached hydrogen (secondary N) is 1. The number of phenols is 1. The third-order valence-corrected chi connectivity index (χ3v) is 8.46. The van der Waals surface area contributed by atoms with E-state index in [1.54, 1.807) is 51.1 Å². The van der Waals surface area contributed by atoms with Crippen molar-refractivity contribution in [3.05, 3.63) is 114 Å². The number of fused-ring (bicyclic) bond motifs is 2. The van der Waals surface area contributed by atoms with Crippen LogP contribution in [0.4, 0.5) is 4.79 Å². The van der Waals surface area contributed by atoms with E-state index in [9.17, 15) is 19.5 Å². The molecule has 2 fully saturated rings. The first kappa shape index (κ1) is 28.2. The molecule has 9 heteroatoms. The highest BCUT2D eigenvalue weighted by Gasteiger charge is 2.54. The monoisotopic (exact) mass is 577 g/mol. The number of amides is 4. The molecule has 4 aromatic rings. The quantitative estimate of drug-likeness (QED) is 0.360. The number of aromatic hydroxyl groups is 1. The number of hydrazine groups is 1. The number of hydrogen-bond donors (Lipinski definition) is 2. The highest BCUT2D eigenvalue weighted by molar-refractivity contribution is 5.92. The molecule has 4 aromatic carbocycles. The van der Waals surface area contributed by atoms with Crippen LogP contribution in [0, 0.1) is 0 Å². The summed E-state index contributed by atoms with van der Waals surface area (Å²) < 4.78 is 0. The van der Waals surface area contributed by atoms with Crippen LogP contribution in [0.5, 0.6) is 5.75 Å². The molecule has 0 saturated carbocycles. The van der Waals surface area contributed by atoms with E-state index in [1.807, 2.05) is 79.7 Å². The van der Waals surface area contributed by atoms with Gasteiger partial charge in [0.15, 0.2) is 0 Å². The first-order chi connectivity index (χ1) is 20.8. The zero-order valence-electron chi connectivity index (χ0n) is 24.3. The maximum absolute atomic E-state index is 14.4. The topological polar surface area (TPSA) is 96.4 Å². The number of nitrogens with zero attached hydrogens (tertiary/aromatic N) is 4. The Balaban J connectivity index is 1.38. The third-order valence-electron chi connectivity index (χ3n) is 8.46. The summed E-state index contributed by atoms with van der Waals surface area (Å²) in [6.45, 7) is 2.52. The molecule has 0 radical (unpaired) electrons. The third kappa shape index (κ3) is 5.51. The molecule has 0 aromatic heterocycles. The molecule has 2 aliphatic rings. The van der Waals surface area contributed by atoms with E-state index in [1.165, 1.54) is 0 Å². The van der Waals surface area contributed by atoms with Gasteiger partial charge in [-0.05, 0) is 46.5 Å². The number of carbonyl (C=O) groups excluding carboxylic acids is 3. The predicted molar refractivity (Wildman–Crippen MR) is 163 cm³/mol. The van der Waals surface area contributed by atoms with Crippen LogP contribution in [0.2, 0.25) is 0 Å². The van der Waals surface area contributed by atoms with Crippen LogP contribution >= 0.6 is 0 Å². The van der Waals surface area contributed by atoms with Gasteiger partial charge in [0.25, 0.3) is 0 Å². The van der Waals surface area contributed by atoms with Crippen LogP contribution in [-0.4, -0.2) is 74.6 Å². The number of rotatable bonds is 6. The maximum atomic E-state index is 14.4. The fraction of sp³-hybridized carbons (Fsp3) is 0.265. The second-order valence-corrected chi connectivity index (χ2v) is 11.3. The molecule has 0 spiro atoms. The van der Waals surface area contributed by atoms with Gasteiger partial charge in [-0.15, -0.1) is 0 Å². The molecule has 3 atom stereocenters. The Morgan fingerprint density at radius 3 is 2.35 bits per heavy atom. The Morgan fingerprint density at radius 1 is 0.884 bits per heavy atom. The molecular formula is C34H35N5O4. The average Bonchev–Trinajstić information content (AvgIpc) is 3.01. The van der Waals surface area contributed by atoms with E-state index in [0.717, 1.165) is 27.5 Å². The van der Waals surface area contributed by atoms with Gasteiger partial charge in [-0.2, -0.15) is 0 Å². The summed E-state index contributed by atoms with van der Waals surface area (Å²) in [5, 5.41) is 18.2. The smallest absolute Gasteiger partial charge is 0.334 e. The maximum Gasteiger partial charge on any atom is 0.334 e. The molecule has 4 amide bonds. The lowest BCUT2D eigenvalue weighted by molar-refractivity contribution is -0.196. The highest BCUT2D eigenvalue weighted by Crippen LogP contribution is 2.33. The molecule has 220 valence electrons. The molecule has 2 heterocycles. The molecule has 1 unspecified atom stereocenters. The Kier molecular flexibility index (Phi) is 7.73. The first-order valence-electron chi connectivity index (χ1n) is 14.5. The minimum absolute atomic E-state index is 0.0370. The Labute approximate surface area is 250 Å². The van der Waals surface area contributed by atoms with Gasteiger partial charge in [0.2, 0.25) is 11.8 Å². The van der Waals surface area contributed by atoms with Crippen LogP contribution in [0.3, 0.4) is 0 Å². The Hall–Kier alpha value is -4.89. The number of urea groups is 1. The summed E-state index contributed by atoms with van der Waals surface area (Å²) in [4.78, 5) is 45.3. The molecule has 6 rings (SSSR count). The van der Waals surface area contributed by atoms with Gasteiger partial charge in [-0.1, -0.05) is 84.9 Å². The molecule has 9 nitrogen and oxygen atoms in total. The van der Waals surface area contributed by atoms with Crippen molar-refractivity contribution in [2.75, 3.05) is 13.6 Å². The van der Waals surface area contributed by atoms with E-state index in [0.29, 0.717) is 13.1 Å². The summed E-state index contributed by atoms with van der Waals surface area (Å²) in [7, 11) is 1.73. The Morgan fingerprint density at radius 2 is 1.58 bits per heavy atom. The van der Waals surface area contributed by atoms with Crippen molar-refractivity contribution in [1.29, 1.82) is 0 Å². The lowest BCUT2D eigenvalue weighted by Crippen LogP contribution is -2.78. The van der Waals surface area contributed by atoms with Crippen molar-refractivity contribution in [1.82, 2.24) is 25.1 Å². The normalized spacial score (nSPS) is 20.8. The summed E-state index contributed by atoms with van der Waals surface area (Å²) in [5.41, 5.74) is 2.75. The molecule has 2 aliphatic heterocycles. The number of phenolic OH excluding ortho intramolecular Hbond substituents is 1. The zero-order chi connectivity index (χ0) is 30.1. The molecular weight excluding hydrogens is 542 g/mol. The van der Waals surface area contributed by atoms with Crippen molar-refractivity contribution in [2.45, 2.75) is 44.7 Å². The number of carbonyl (C=O) groups is 3. The fourth-order valence-electron chi connectivity index (χ4n) is 6.29. The minimum Gasteiger partial charge on any atom is -0.508 e. The fourth-order valence-corrected chi connectivity index (χ4v) is 6.29. The van der Waals surface area contributed by atoms with E-state index in [4.69, 9.17) is 0 Å². The van der Waals surface area contributed by atoms with Crippen molar-refractivity contribution in [2.24, 2.45) is 0 Å². The van der Waals surface area contributed by atoms with Crippen LogP contribution in [0.1, 0.15) is 23.6 Å². The molecule has 2 saturated heterocycles. The van der Waals surface area contributed by atoms with Crippen LogP contribution in [-0.2, 0) is 29.1 Å². The molecule has 43 heavy (non-hydrogen) atoms. The lowest BCUT2D eigenvalue weighted by atomic mass is 9.94. The number of likely N-dealkylation sites (N-methyl/N-ethyl adjacent to an activating group) is 1. The van der Waals surface area contributed by atoms with Gasteiger partial charge in [0.1, 0.15) is 18.0 Å². The van der Waals surface area contributed by atoms with E-state index >= 15 is 0 Å². The standard InChI is InChI=1S/C34H35N5O4/c1-23-32-38(31(41)22-36(2)39(32)34(43)35-20-25-9-4-3-5-10-25)30(19-24-15-17-28(40)18-16-24)33(42)37(23)21-27-13-8-12-26-11-6-7-14-29(26)27/h3-18,23,30,32,40H,19-22H2,1-2H3,(H,35,43)/t23-,30-,32?/m0/s1. The minimum atomic E-state index is -0.827. The zero-order valence-corrected chi connectivity index (χ0v) is 24.3. The second kappa shape index (κ2) is 11.8. The lowest BCUT2D eigenvalue weighted by Gasteiger charge is -2.57. The Bertz CT molecular complexity index is 1640. The van der Waals surface area contributed by atoms with Gasteiger partial charge in [-0.25, -0.2) is 14.8 Å². The van der Waals surface area contributed by atoms with Gasteiger partial charge in [-0.3, -0.25) is 9.59 Å². The van der Waals surface area contributed by atoms with Gasteiger partial charge >= 0.3 is 6.03 Å². The summed E-state index contributed by atoms with van der Waals surface area (Å²) in [5.74, 6) is -0.263. The van der Waals surface area contributed by atoms with Crippen LogP contribution in [0.25, 0.3) is 10.8 Å². The van der Waals surface area contributed by atoms with Crippen LogP contribution < -0.4 is 5.32 Å². The van der Waals surface area contributed by atoms with E-state index in [2.05, 4.69) is 5.32 Å². The summed E-state index contributed by atoms with van der Waals surface area (Å²) >= 11 is 0. The predicted octanol–water partition coefficient (Wildman–Crippen LogP) is 4.11. The highest BCUT2D eigenvalue weighted by atomic mass is 16.3. The van der Waals surface area contributed by atoms with Crippen LogP contribution in [0.15, 0.2) is 97.1 Å². The largest absolute Gasteiger partial charge is 0.508 e. The van der Waals surface area contributed by atoms with E-state index in [-0.39, 0.29) is 36.6 Å². The number of hydrogen-bond acceptors (Lipinski definition) is 5. The van der Waals surface area contributed by atoms with Gasteiger partial charge in [0.05, 0.1) is 12.6 Å². The van der Waals surface area contributed by atoms with Crippen molar-refractivity contribution < 1.29 is 19.5 Å². The van der Waals surface area contributed by atoms with Gasteiger partial charge < -0.3 is 20.2 Å². The SMILES string of the molecule is C[C@H]1C2N(C(=O)CN(C)N2C(=O)NCc2ccccc2)[C@@H](Cc2ccc(O)cc2)C(=O)N1Cc1cccc2ccccc12. The average molecular weight is 578 g/mol. The summed E-state index contributed by atoms with van der Waals surface area (Å²) in [6.07, 6.45) is -0.472. The summed E-state index contributed by atoms with van der Waals surface area (Å²) in [6, 6.07) is 28.8. The second-order valence-electron chi connectivity index (χ2n) is 11.3. The first-order valence-corrected chi connectivity index (χ1v) is 14.5. The van der Waals surface area contributed by atoms with E-state index < -0.39 is 18.2 Å². The number of benzene rings is 4.